The van der Waals surface area contributed by atoms with Gasteiger partial charge < -0.3 is 8.75 Å². The van der Waals surface area contributed by atoms with Crippen LogP contribution in [0.3, 0.4) is 0 Å². The van der Waals surface area contributed by atoms with Crippen LogP contribution in [-0.2, 0) is 18.9 Å². The van der Waals surface area contributed by atoms with Crippen LogP contribution in [0.1, 0.15) is 144 Å². The number of halogens is 3. The molecule has 0 spiro atoms. The van der Waals surface area contributed by atoms with E-state index in [9.17, 15) is 26.2 Å². The first-order valence-corrected chi connectivity index (χ1v) is 24.9. The second-order valence-corrected chi connectivity index (χ2v) is 26.3. The number of allylic oxidation sites excluding steroid dienone is 4. The quantitative estimate of drug-likeness (QED) is 0.163. The standard InChI is InChI=1S/C22H37OP.C21H31F3O3S/c1-21(2)12-10-16-15(14-21)6-7-18-17(16)11-13-22(3)19(18)8-9-20(22)24(4,5)23;1-19(2)10-8-14-13(12-19)4-5-16-15(14)9-11-20(3)17(16)6-7-18(20)27-28(25,26)21(22,23)24/h9,15-19H,6-8,10-14H2,1-5H3;7,13-17H,4-6,8-12H2,1-3H3/t15-,16+,17-,18-,19+,22+;13-,14+,15-,16-,17+,20+/m11/s1. The zero-order valence-electron chi connectivity index (χ0n) is 33.4. The highest BCUT2D eigenvalue weighted by molar-refractivity contribution is 7.87. The Morgan fingerprint density at radius 2 is 1.08 bits per heavy atom. The molecule has 6 fully saturated rings. The molecule has 52 heavy (non-hydrogen) atoms. The monoisotopic (exact) mass is 768 g/mol. The molecule has 0 aromatic heterocycles. The molecule has 9 heteroatoms. The fourth-order valence-electron chi connectivity index (χ4n) is 14.8. The van der Waals surface area contributed by atoms with Gasteiger partial charge in [0.15, 0.2) is 0 Å². The van der Waals surface area contributed by atoms with Crippen LogP contribution in [-0.4, -0.2) is 27.3 Å². The van der Waals surface area contributed by atoms with Crippen molar-refractivity contribution in [2.45, 2.75) is 150 Å². The average molecular weight is 769 g/mol. The van der Waals surface area contributed by atoms with E-state index in [0.29, 0.717) is 35.5 Å². The molecule has 4 nitrogen and oxygen atoms in total. The Labute approximate surface area is 313 Å². The summed E-state index contributed by atoms with van der Waals surface area (Å²) in [5, 5.41) is 1.35. The van der Waals surface area contributed by atoms with Gasteiger partial charge in [-0.05, 0) is 203 Å². The molecule has 0 radical (unpaired) electrons. The van der Waals surface area contributed by atoms with Gasteiger partial charge in [0.05, 0.1) is 0 Å². The first-order valence-electron chi connectivity index (χ1n) is 20.9. The maximum Gasteiger partial charge on any atom is 0.534 e. The zero-order valence-corrected chi connectivity index (χ0v) is 35.1. The van der Waals surface area contributed by atoms with E-state index in [1.165, 1.54) is 82.4 Å². The summed E-state index contributed by atoms with van der Waals surface area (Å²) in [6.07, 6.45) is 23.6. The van der Waals surface area contributed by atoms with Crippen molar-refractivity contribution in [1.82, 2.24) is 0 Å². The highest BCUT2D eigenvalue weighted by Crippen LogP contribution is 2.70. The Kier molecular flexibility index (Phi) is 9.99. The number of alkyl halides is 3. The van der Waals surface area contributed by atoms with E-state index >= 15 is 0 Å². The Balaban J connectivity index is 0.000000164. The van der Waals surface area contributed by atoms with Crippen molar-refractivity contribution < 1.29 is 30.3 Å². The molecule has 0 amide bonds. The van der Waals surface area contributed by atoms with E-state index in [-0.39, 0.29) is 17.1 Å². The van der Waals surface area contributed by atoms with E-state index in [1.54, 1.807) is 6.08 Å². The largest absolute Gasteiger partial charge is 0.534 e. The molecule has 0 aliphatic heterocycles. The molecular weight excluding hydrogens is 701 g/mol. The fourth-order valence-corrected chi connectivity index (χ4v) is 17.5. The normalized spacial score (nSPS) is 44.9. The highest BCUT2D eigenvalue weighted by Gasteiger charge is 2.59. The summed E-state index contributed by atoms with van der Waals surface area (Å²) in [4.78, 5) is 0. The molecule has 0 aromatic carbocycles. The minimum Gasteiger partial charge on any atom is -0.380 e. The van der Waals surface area contributed by atoms with Crippen molar-refractivity contribution in [3.8, 4) is 0 Å². The van der Waals surface area contributed by atoms with Crippen LogP contribution in [0, 0.1) is 80.8 Å². The van der Waals surface area contributed by atoms with Gasteiger partial charge in [0, 0.05) is 5.41 Å². The van der Waals surface area contributed by atoms with E-state index in [4.69, 9.17) is 0 Å². The van der Waals surface area contributed by atoms with Crippen LogP contribution in [0.5, 0.6) is 0 Å². The molecule has 0 unspecified atom stereocenters. The fraction of sp³-hybridized carbons (Fsp3) is 0.907. The average Bonchev–Trinajstić information content (AvgIpc) is 3.56. The van der Waals surface area contributed by atoms with Crippen molar-refractivity contribution >= 4 is 17.3 Å². The van der Waals surface area contributed by atoms with Crippen molar-refractivity contribution in [2.24, 2.45) is 80.8 Å². The van der Waals surface area contributed by atoms with Gasteiger partial charge >= 0.3 is 15.6 Å². The third-order valence-corrected chi connectivity index (χ3v) is 19.9. The minimum absolute atomic E-state index is 0.0279. The molecule has 296 valence electrons. The molecule has 8 aliphatic rings. The number of hydrogen-bond donors (Lipinski definition) is 0. The van der Waals surface area contributed by atoms with Crippen molar-refractivity contribution in [3.63, 3.8) is 0 Å². The maximum absolute atomic E-state index is 12.9. The van der Waals surface area contributed by atoms with Gasteiger partial charge in [-0.2, -0.15) is 21.6 Å². The van der Waals surface area contributed by atoms with E-state index in [0.717, 1.165) is 54.3 Å². The van der Waals surface area contributed by atoms with Crippen molar-refractivity contribution in [1.29, 1.82) is 0 Å². The van der Waals surface area contributed by atoms with Gasteiger partial charge in [-0.25, -0.2) is 0 Å². The molecule has 6 saturated carbocycles. The lowest BCUT2D eigenvalue weighted by Gasteiger charge is -2.57. The van der Waals surface area contributed by atoms with Crippen LogP contribution in [0.4, 0.5) is 13.2 Å². The highest BCUT2D eigenvalue weighted by atomic mass is 32.2. The zero-order chi connectivity index (χ0) is 37.9. The predicted octanol–water partition coefficient (Wildman–Crippen LogP) is 12.8. The smallest absolute Gasteiger partial charge is 0.380 e. The Morgan fingerprint density at radius 1 is 0.635 bits per heavy atom. The maximum atomic E-state index is 12.9. The summed E-state index contributed by atoms with van der Waals surface area (Å²) < 4.78 is 79.1. The first-order chi connectivity index (χ1) is 24.0. The van der Waals surface area contributed by atoms with Gasteiger partial charge in [-0.15, -0.1) is 0 Å². The number of hydrogen-bond acceptors (Lipinski definition) is 4. The molecule has 0 bridgehead atoms. The van der Waals surface area contributed by atoms with Gasteiger partial charge in [-0.3, -0.25) is 0 Å². The van der Waals surface area contributed by atoms with Gasteiger partial charge in [-0.1, -0.05) is 47.6 Å². The van der Waals surface area contributed by atoms with E-state index < -0.39 is 28.2 Å². The Hall–Kier alpha value is -0.750. The molecule has 8 rings (SSSR count). The summed E-state index contributed by atoms with van der Waals surface area (Å²) in [5.41, 5.74) is -4.73. The van der Waals surface area contributed by atoms with Crippen LogP contribution in [0.15, 0.2) is 23.2 Å². The number of fused-ring (bicyclic) bond motifs is 10. The van der Waals surface area contributed by atoms with Crippen LogP contribution in [0.2, 0.25) is 0 Å². The third-order valence-electron chi connectivity index (χ3n) is 17.1. The topological polar surface area (TPSA) is 60.4 Å². The number of rotatable bonds is 3. The molecule has 0 heterocycles. The molecule has 8 aliphatic carbocycles. The lowest BCUT2D eigenvalue weighted by molar-refractivity contribution is -0.0711. The second-order valence-electron chi connectivity index (χ2n) is 21.6. The molecule has 0 saturated heterocycles. The van der Waals surface area contributed by atoms with Gasteiger partial charge in [0.1, 0.15) is 12.9 Å². The molecular formula is C43H68F3O4PS. The first kappa shape index (κ1) is 39.5. The van der Waals surface area contributed by atoms with E-state index in [2.05, 4.69) is 44.9 Å². The van der Waals surface area contributed by atoms with E-state index in [1.807, 2.05) is 20.3 Å². The lowest BCUT2D eigenvalue weighted by Crippen LogP contribution is -2.49. The summed E-state index contributed by atoms with van der Waals surface area (Å²) in [6, 6.07) is 0. The van der Waals surface area contributed by atoms with Crippen LogP contribution in [0.25, 0.3) is 0 Å². The summed E-state index contributed by atoms with van der Waals surface area (Å²) in [5.74, 6) is 7.47. The summed E-state index contributed by atoms with van der Waals surface area (Å²) in [6.45, 7) is 18.1. The predicted molar refractivity (Wildman–Crippen MR) is 204 cm³/mol. The molecule has 12 atom stereocenters. The van der Waals surface area contributed by atoms with Crippen LogP contribution < -0.4 is 0 Å². The van der Waals surface area contributed by atoms with Gasteiger partial charge in [0.25, 0.3) is 0 Å². The molecule has 0 aromatic rings. The summed E-state index contributed by atoms with van der Waals surface area (Å²) >= 11 is 0. The minimum atomic E-state index is -5.60. The third kappa shape index (κ3) is 6.86. The van der Waals surface area contributed by atoms with Crippen molar-refractivity contribution in [3.05, 3.63) is 23.2 Å². The Bertz CT molecular complexity index is 1610. The molecule has 0 N–H and O–H groups in total. The summed E-state index contributed by atoms with van der Waals surface area (Å²) in [7, 11) is -7.70. The Morgan fingerprint density at radius 3 is 1.56 bits per heavy atom. The van der Waals surface area contributed by atoms with Gasteiger partial charge in [0.2, 0.25) is 0 Å². The SMILES string of the molecule is CC1(C)CC[C@H]2[C@H](CC[C@@H]3[C@@H]2CC[C@]2(C)C(OS(=O)(=O)C(F)(F)F)=CC[C@@H]32)C1.CC1(C)CC[C@H]2[C@H](CC[C@@H]3[C@@H]2CC[C@]2(C)C(P(C)(C)=O)=CC[C@@H]32)C1. The second kappa shape index (κ2) is 13.2. The van der Waals surface area contributed by atoms with Crippen molar-refractivity contribution in [2.75, 3.05) is 13.3 Å². The lowest BCUT2D eigenvalue weighted by atomic mass is 9.49. The van der Waals surface area contributed by atoms with Crippen LogP contribution >= 0.6 is 7.14 Å².